The van der Waals surface area contributed by atoms with Crippen LogP contribution in [0.4, 0.5) is 8.78 Å². The lowest BCUT2D eigenvalue weighted by atomic mass is 9.90. The van der Waals surface area contributed by atoms with E-state index in [1.54, 1.807) is 6.92 Å². The summed E-state index contributed by atoms with van der Waals surface area (Å²) < 4.78 is 32.0. The molecule has 1 fully saturated rings. The standard InChI is InChI=1S/C13H16F2O2/c1-8-5-10(12(15)6-11(8)14)13(16)9-3-2-4-17-7-9/h5-6,9,13,16H,2-4,7H2,1H3. The van der Waals surface area contributed by atoms with E-state index < -0.39 is 17.7 Å². The predicted octanol–water partition coefficient (Wildman–Crippen LogP) is 2.73. The number of aryl methyl sites for hydroxylation is 1. The van der Waals surface area contributed by atoms with Crippen LogP contribution in [0.3, 0.4) is 0 Å². The molecule has 1 aliphatic heterocycles. The van der Waals surface area contributed by atoms with Crippen LogP contribution in [-0.4, -0.2) is 18.3 Å². The third-order valence-corrected chi connectivity index (χ3v) is 3.24. The van der Waals surface area contributed by atoms with E-state index in [1.165, 1.54) is 6.07 Å². The van der Waals surface area contributed by atoms with Crippen molar-refractivity contribution < 1.29 is 18.6 Å². The molecule has 2 unspecified atom stereocenters. The molecule has 2 atom stereocenters. The normalized spacial score (nSPS) is 22.5. The van der Waals surface area contributed by atoms with Crippen molar-refractivity contribution in [3.05, 3.63) is 34.9 Å². The molecule has 4 heteroatoms. The quantitative estimate of drug-likeness (QED) is 0.864. The van der Waals surface area contributed by atoms with Crippen molar-refractivity contribution in [1.29, 1.82) is 0 Å². The average Bonchev–Trinajstić information content (AvgIpc) is 2.34. The molecule has 94 valence electrons. The van der Waals surface area contributed by atoms with Crippen molar-refractivity contribution in [3.63, 3.8) is 0 Å². The number of ether oxygens (including phenoxy) is 1. The molecule has 2 nitrogen and oxygen atoms in total. The van der Waals surface area contributed by atoms with Gasteiger partial charge in [0, 0.05) is 24.2 Å². The topological polar surface area (TPSA) is 29.5 Å². The maximum absolute atomic E-state index is 13.6. The second-order valence-corrected chi connectivity index (χ2v) is 4.54. The van der Waals surface area contributed by atoms with E-state index in [4.69, 9.17) is 4.74 Å². The minimum absolute atomic E-state index is 0.108. The molecule has 1 aromatic rings. The zero-order chi connectivity index (χ0) is 12.4. The van der Waals surface area contributed by atoms with Gasteiger partial charge < -0.3 is 9.84 Å². The van der Waals surface area contributed by atoms with E-state index in [2.05, 4.69) is 0 Å². The number of hydrogen-bond donors (Lipinski definition) is 1. The first kappa shape index (κ1) is 12.5. The molecule has 1 aromatic carbocycles. The van der Waals surface area contributed by atoms with Gasteiger partial charge in [-0.2, -0.15) is 0 Å². The summed E-state index contributed by atoms with van der Waals surface area (Å²) in [6.07, 6.45) is 0.746. The van der Waals surface area contributed by atoms with Gasteiger partial charge in [0.2, 0.25) is 0 Å². The van der Waals surface area contributed by atoms with Gasteiger partial charge in [-0.25, -0.2) is 8.78 Å². The first-order valence-electron chi connectivity index (χ1n) is 5.81. The van der Waals surface area contributed by atoms with Crippen LogP contribution in [0.1, 0.15) is 30.1 Å². The van der Waals surface area contributed by atoms with Crippen LogP contribution in [0, 0.1) is 24.5 Å². The van der Waals surface area contributed by atoms with Crippen molar-refractivity contribution in [1.82, 2.24) is 0 Å². The van der Waals surface area contributed by atoms with Crippen molar-refractivity contribution in [2.75, 3.05) is 13.2 Å². The largest absolute Gasteiger partial charge is 0.388 e. The lowest BCUT2D eigenvalue weighted by molar-refractivity contribution is -0.0112. The molecule has 0 aliphatic carbocycles. The summed E-state index contributed by atoms with van der Waals surface area (Å²) in [5.41, 5.74) is 0.511. The van der Waals surface area contributed by atoms with Crippen molar-refractivity contribution >= 4 is 0 Å². The minimum atomic E-state index is -0.922. The summed E-state index contributed by atoms with van der Waals surface area (Å²) in [5.74, 6) is -1.38. The summed E-state index contributed by atoms with van der Waals surface area (Å²) in [6, 6.07) is 2.21. The van der Waals surface area contributed by atoms with E-state index in [0.717, 1.165) is 18.9 Å². The van der Waals surface area contributed by atoms with E-state index in [0.29, 0.717) is 18.8 Å². The third kappa shape index (κ3) is 2.64. The summed E-state index contributed by atoms with van der Waals surface area (Å²) in [5, 5.41) is 10.1. The number of aliphatic hydroxyl groups is 1. The van der Waals surface area contributed by atoms with Gasteiger partial charge in [0.25, 0.3) is 0 Å². The molecule has 0 bridgehead atoms. The molecule has 0 amide bonds. The monoisotopic (exact) mass is 242 g/mol. The van der Waals surface area contributed by atoms with Crippen LogP contribution in [0.15, 0.2) is 12.1 Å². The maximum Gasteiger partial charge on any atom is 0.131 e. The van der Waals surface area contributed by atoms with E-state index >= 15 is 0 Å². The maximum atomic E-state index is 13.6. The predicted molar refractivity (Wildman–Crippen MR) is 59.6 cm³/mol. The Labute approximate surface area is 99.2 Å². The smallest absolute Gasteiger partial charge is 0.131 e. The summed E-state index contributed by atoms with van der Waals surface area (Å²) >= 11 is 0. The van der Waals surface area contributed by atoms with Crippen LogP contribution < -0.4 is 0 Å². The number of rotatable bonds is 2. The lowest BCUT2D eigenvalue weighted by Gasteiger charge is -2.27. The molecule has 0 aromatic heterocycles. The number of aliphatic hydroxyl groups excluding tert-OH is 1. The number of halogens is 2. The first-order valence-corrected chi connectivity index (χ1v) is 5.81. The van der Waals surface area contributed by atoms with Crippen molar-refractivity contribution in [2.24, 2.45) is 5.92 Å². The van der Waals surface area contributed by atoms with E-state index in [1.807, 2.05) is 0 Å². The Morgan fingerprint density at radius 1 is 1.35 bits per heavy atom. The molecule has 1 N–H and O–H groups in total. The van der Waals surface area contributed by atoms with Crippen LogP contribution in [0.2, 0.25) is 0 Å². The Hall–Kier alpha value is -1.00. The van der Waals surface area contributed by atoms with Gasteiger partial charge in [-0.1, -0.05) is 0 Å². The van der Waals surface area contributed by atoms with Crippen LogP contribution in [-0.2, 0) is 4.74 Å². The van der Waals surface area contributed by atoms with Crippen molar-refractivity contribution in [2.45, 2.75) is 25.9 Å². The zero-order valence-corrected chi connectivity index (χ0v) is 9.75. The van der Waals surface area contributed by atoms with Crippen LogP contribution in [0.5, 0.6) is 0 Å². The molecule has 1 saturated heterocycles. The second kappa shape index (κ2) is 5.10. The fourth-order valence-electron chi connectivity index (χ4n) is 2.17. The fourth-order valence-corrected chi connectivity index (χ4v) is 2.17. The molecule has 0 saturated carbocycles. The highest BCUT2D eigenvalue weighted by atomic mass is 19.1. The van der Waals surface area contributed by atoms with Gasteiger partial charge >= 0.3 is 0 Å². The highest BCUT2D eigenvalue weighted by Crippen LogP contribution is 2.31. The molecular weight excluding hydrogens is 226 g/mol. The Morgan fingerprint density at radius 3 is 2.76 bits per heavy atom. The number of hydrogen-bond acceptors (Lipinski definition) is 2. The summed E-state index contributed by atoms with van der Waals surface area (Å²) in [4.78, 5) is 0. The van der Waals surface area contributed by atoms with Gasteiger partial charge in [0.05, 0.1) is 12.7 Å². The van der Waals surface area contributed by atoms with Gasteiger partial charge in [-0.05, 0) is 31.4 Å². The highest BCUT2D eigenvalue weighted by Gasteiger charge is 2.26. The first-order chi connectivity index (χ1) is 8.09. The average molecular weight is 242 g/mol. The van der Waals surface area contributed by atoms with Gasteiger partial charge in [-0.3, -0.25) is 0 Å². The Morgan fingerprint density at radius 2 is 2.12 bits per heavy atom. The Balaban J connectivity index is 2.23. The lowest BCUT2D eigenvalue weighted by Crippen LogP contribution is -2.24. The minimum Gasteiger partial charge on any atom is -0.388 e. The van der Waals surface area contributed by atoms with Crippen LogP contribution in [0.25, 0.3) is 0 Å². The Bertz CT molecular complexity index is 401. The van der Waals surface area contributed by atoms with Crippen LogP contribution >= 0.6 is 0 Å². The van der Waals surface area contributed by atoms with Gasteiger partial charge in [0.15, 0.2) is 0 Å². The van der Waals surface area contributed by atoms with E-state index in [-0.39, 0.29) is 11.5 Å². The fraction of sp³-hybridized carbons (Fsp3) is 0.538. The molecule has 1 heterocycles. The van der Waals surface area contributed by atoms with Gasteiger partial charge in [-0.15, -0.1) is 0 Å². The summed E-state index contributed by atoms with van der Waals surface area (Å²) in [6.45, 7) is 2.67. The molecule has 2 rings (SSSR count). The van der Waals surface area contributed by atoms with Crippen molar-refractivity contribution in [3.8, 4) is 0 Å². The molecule has 0 radical (unpaired) electrons. The SMILES string of the molecule is Cc1cc(C(O)C2CCCOC2)c(F)cc1F. The van der Waals surface area contributed by atoms with Gasteiger partial charge in [0.1, 0.15) is 11.6 Å². The number of benzene rings is 1. The second-order valence-electron chi connectivity index (χ2n) is 4.54. The van der Waals surface area contributed by atoms with E-state index in [9.17, 15) is 13.9 Å². The Kier molecular flexibility index (Phi) is 3.74. The molecule has 1 aliphatic rings. The summed E-state index contributed by atoms with van der Waals surface area (Å²) in [7, 11) is 0. The molecule has 0 spiro atoms. The third-order valence-electron chi connectivity index (χ3n) is 3.24. The zero-order valence-electron chi connectivity index (χ0n) is 9.75. The molecule has 17 heavy (non-hydrogen) atoms. The highest BCUT2D eigenvalue weighted by molar-refractivity contribution is 5.27. The molecular formula is C13H16F2O2.